The Morgan fingerprint density at radius 1 is 0.875 bits per heavy atom. The minimum atomic E-state index is -0.0800. The molecule has 0 radical (unpaired) electrons. The van der Waals surface area contributed by atoms with Crippen molar-refractivity contribution in [2.45, 2.75) is 12.8 Å². The second-order valence-corrected chi connectivity index (χ2v) is 3.86. The van der Waals surface area contributed by atoms with Gasteiger partial charge in [-0.2, -0.15) is 0 Å². The Morgan fingerprint density at radius 2 is 1.38 bits per heavy atom. The fourth-order valence-corrected chi connectivity index (χ4v) is 1.75. The number of carbonyl (C=O) groups excluding carboxylic acids is 1. The van der Waals surface area contributed by atoms with Crippen molar-refractivity contribution in [1.82, 2.24) is 0 Å². The largest absolute Gasteiger partial charge is 0.294 e. The van der Waals surface area contributed by atoms with E-state index in [0.717, 1.165) is 11.1 Å². The maximum Gasteiger partial charge on any atom is 0.170 e. The third-order valence-electron chi connectivity index (χ3n) is 2.75. The molecule has 0 saturated heterocycles. The van der Waals surface area contributed by atoms with E-state index < -0.39 is 0 Å². The quantitative estimate of drug-likeness (QED) is 0.706. The van der Waals surface area contributed by atoms with Gasteiger partial charge in [0.15, 0.2) is 5.78 Å². The maximum absolute atomic E-state index is 12.1. The number of benzene rings is 2. The van der Waals surface area contributed by atoms with Crippen LogP contribution in [0.2, 0.25) is 0 Å². The van der Waals surface area contributed by atoms with Crippen LogP contribution in [0.1, 0.15) is 28.8 Å². The Hall–Kier alpha value is -1.89. The van der Waals surface area contributed by atoms with Crippen molar-refractivity contribution in [3.05, 3.63) is 71.8 Å². The van der Waals surface area contributed by atoms with Gasteiger partial charge in [0.2, 0.25) is 0 Å². The third-order valence-corrected chi connectivity index (χ3v) is 2.75. The Kier molecular flexibility index (Phi) is 3.16. The highest BCUT2D eigenvalue weighted by atomic mass is 16.1. The Labute approximate surface area is 95.7 Å². The summed E-state index contributed by atoms with van der Waals surface area (Å²) < 4.78 is 0. The van der Waals surface area contributed by atoms with E-state index in [1.807, 2.05) is 67.6 Å². The molecule has 16 heavy (non-hydrogen) atoms. The number of carbonyl (C=O) groups is 1. The zero-order valence-electron chi connectivity index (χ0n) is 9.26. The predicted molar refractivity (Wildman–Crippen MR) is 65.6 cm³/mol. The molecule has 0 aliphatic heterocycles. The molecule has 0 aliphatic rings. The second kappa shape index (κ2) is 4.75. The van der Waals surface area contributed by atoms with Gasteiger partial charge in [-0.1, -0.05) is 67.6 Å². The van der Waals surface area contributed by atoms with Gasteiger partial charge in [0.05, 0.1) is 0 Å². The number of Topliss-reactive ketones (excluding diaryl/α,β-unsaturated/α-hetero) is 1. The summed E-state index contributed by atoms with van der Waals surface area (Å²) in [5.74, 6) is 0.0930. The van der Waals surface area contributed by atoms with Crippen LogP contribution in [0.15, 0.2) is 60.7 Å². The first-order chi connectivity index (χ1) is 7.79. The van der Waals surface area contributed by atoms with Crippen LogP contribution in [0.5, 0.6) is 0 Å². The normalized spacial score (nSPS) is 12.1. The summed E-state index contributed by atoms with van der Waals surface area (Å²) in [6.45, 7) is 1.95. The molecule has 1 heteroatoms. The van der Waals surface area contributed by atoms with E-state index in [4.69, 9.17) is 0 Å². The summed E-state index contributed by atoms with van der Waals surface area (Å²) in [6.07, 6.45) is 0. The van der Waals surface area contributed by atoms with Crippen LogP contribution in [0.3, 0.4) is 0 Å². The van der Waals surface area contributed by atoms with Crippen molar-refractivity contribution in [3.63, 3.8) is 0 Å². The van der Waals surface area contributed by atoms with Gasteiger partial charge in [-0.05, 0) is 5.56 Å². The average Bonchev–Trinajstić information content (AvgIpc) is 2.39. The topological polar surface area (TPSA) is 17.1 Å². The van der Waals surface area contributed by atoms with E-state index in [1.54, 1.807) is 0 Å². The molecule has 0 amide bonds. The van der Waals surface area contributed by atoms with Crippen molar-refractivity contribution < 1.29 is 4.79 Å². The first-order valence-corrected chi connectivity index (χ1v) is 5.43. The minimum absolute atomic E-state index is 0.0800. The van der Waals surface area contributed by atoms with Crippen LogP contribution in [-0.2, 0) is 0 Å². The van der Waals surface area contributed by atoms with Crippen LogP contribution < -0.4 is 0 Å². The van der Waals surface area contributed by atoms with E-state index in [1.165, 1.54) is 0 Å². The molecule has 0 heterocycles. The summed E-state index contributed by atoms with van der Waals surface area (Å²) in [6, 6.07) is 19.3. The molecule has 0 fully saturated rings. The summed E-state index contributed by atoms with van der Waals surface area (Å²) in [5.41, 5.74) is 1.84. The van der Waals surface area contributed by atoms with Crippen LogP contribution in [0.4, 0.5) is 0 Å². The molecular formula is C15H14O. The molecule has 0 N–H and O–H groups in total. The Balaban J connectivity index is 2.24. The van der Waals surface area contributed by atoms with Crippen LogP contribution >= 0.6 is 0 Å². The summed E-state index contributed by atoms with van der Waals surface area (Å²) in [5, 5.41) is 0. The van der Waals surface area contributed by atoms with Crippen LogP contribution in [0.25, 0.3) is 0 Å². The zero-order chi connectivity index (χ0) is 11.4. The van der Waals surface area contributed by atoms with E-state index in [-0.39, 0.29) is 11.7 Å². The molecule has 0 aromatic heterocycles. The van der Waals surface area contributed by atoms with Crippen molar-refractivity contribution in [1.29, 1.82) is 0 Å². The lowest BCUT2D eigenvalue weighted by atomic mass is 9.92. The lowest BCUT2D eigenvalue weighted by molar-refractivity contribution is 0.0966. The van der Waals surface area contributed by atoms with Crippen molar-refractivity contribution in [2.75, 3.05) is 0 Å². The number of rotatable bonds is 3. The first kappa shape index (κ1) is 10.6. The summed E-state index contributed by atoms with van der Waals surface area (Å²) in [7, 11) is 0. The summed E-state index contributed by atoms with van der Waals surface area (Å²) in [4.78, 5) is 12.1. The first-order valence-electron chi connectivity index (χ1n) is 5.43. The SMILES string of the molecule is C[C@H](C(=O)c1ccccc1)c1ccccc1. The van der Waals surface area contributed by atoms with Gasteiger partial charge in [-0.25, -0.2) is 0 Å². The van der Waals surface area contributed by atoms with Crippen molar-refractivity contribution in [2.24, 2.45) is 0 Å². The monoisotopic (exact) mass is 210 g/mol. The van der Waals surface area contributed by atoms with Gasteiger partial charge < -0.3 is 0 Å². The maximum atomic E-state index is 12.1. The van der Waals surface area contributed by atoms with E-state index in [2.05, 4.69) is 0 Å². The van der Waals surface area contributed by atoms with Gasteiger partial charge in [0, 0.05) is 11.5 Å². The lowest BCUT2D eigenvalue weighted by Crippen LogP contribution is -2.09. The number of ketones is 1. The lowest BCUT2D eigenvalue weighted by Gasteiger charge is -2.10. The van der Waals surface area contributed by atoms with Gasteiger partial charge in [-0.3, -0.25) is 4.79 Å². The number of hydrogen-bond donors (Lipinski definition) is 0. The van der Waals surface area contributed by atoms with Gasteiger partial charge >= 0.3 is 0 Å². The third kappa shape index (κ3) is 2.19. The second-order valence-electron chi connectivity index (χ2n) is 3.86. The number of hydrogen-bond acceptors (Lipinski definition) is 1. The molecule has 0 bridgehead atoms. The molecule has 2 aromatic carbocycles. The zero-order valence-corrected chi connectivity index (χ0v) is 9.26. The molecule has 0 unspecified atom stereocenters. The van der Waals surface area contributed by atoms with Gasteiger partial charge in [-0.15, -0.1) is 0 Å². The fraction of sp³-hybridized carbons (Fsp3) is 0.133. The molecular weight excluding hydrogens is 196 g/mol. The van der Waals surface area contributed by atoms with Crippen molar-refractivity contribution in [3.8, 4) is 0 Å². The Bertz CT molecular complexity index is 459. The fourth-order valence-electron chi connectivity index (χ4n) is 1.75. The van der Waals surface area contributed by atoms with Crippen LogP contribution in [0, 0.1) is 0 Å². The molecule has 0 saturated carbocycles. The molecule has 1 atom stereocenters. The highest BCUT2D eigenvalue weighted by molar-refractivity contribution is 6.00. The predicted octanol–water partition coefficient (Wildman–Crippen LogP) is 3.67. The van der Waals surface area contributed by atoms with Gasteiger partial charge in [0.25, 0.3) is 0 Å². The molecule has 80 valence electrons. The van der Waals surface area contributed by atoms with Gasteiger partial charge in [0.1, 0.15) is 0 Å². The molecule has 0 spiro atoms. The molecule has 2 rings (SSSR count). The summed E-state index contributed by atoms with van der Waals surface area (Å²) >= 11 is 0. The van der Waals surface area contributed by atoms with Crippen LogP contribution in [-0.4, -0.2) is 5.78 Å². The minimum Gasteiger partial charge on any atom is -0.294 e. The highest BCUT2D eigenvalue weighted by Gasteiger charge is 2.15. The highest BCUT2D eigenvalue weighted by Crippen LogP contribution is 2.19. The molecule has 0 aliphatic carbocycles. The van der Waals surface area contributed by atoms with E-state index in [9.17, 15) is 4.79 Å². The molecule has 2 aromatic rings. The van der Waals surface area contributed by atoms with E-state index in [0.29, 0.717) is 0 Å². The average molecular weight is 210 g/mol. The standard InChI is InChI=1S/C15H14O/c1-12(13-8-4-2-5-9-13)15(16)14-10-6-3-7-11-14/h2-12H,1H3/t12-/m0/s1. The Morgan fingerprint density at radius 3 is 1.94 bits per heavy atom. The smallest absolute Gasteiger partial charge is 0.170 e. The molecule has 1 nitrogen and oxygen atoms in total. The van der Waals surface area contributed by atoms with Crippen molar-refractivity contribution >= 4 is 5.78 Å². The van der Waals surface area contributed by atoms with E-state index >= 15 is 0 Å².